The van der Waals surface area contributed by atoms with E-state index in [2.05, 4.69) is 26.1 Å². The van der Waals surface area contributed by atoms with Crippen molar-refractivity contribution in [1.29, 1.82) is 0 Å². The summed E-state index contributed by atoms with van der Waals surface area (Å²) in [6.45, 7) is 10.3. The van der Waals surface area contributed by atoms with E-state index in [9.17, 15) is 4.79 Å². The van der Waals surface area contributed by atoms with Crippen molar-refractivity contribution in [2.45, 2.75) is 56.0 Å². The molecular formula is C16H24Cl3N2O+. The van der Waals surface area contributed by atoms with Gasteiger partial charge >= 0.3 is 0 Å². The fourth-order valence-electron chi connectivity index (χ4n) is 1.97. The first-order valence-electron chi connectivity index (χ1n) is 7.24. The van der Waals surface area contributed by atoms with Crippen LogP contribution in [0, 0.1) is 0 Å². The third-order valence-electron chi connectivity index (χ3n) is 3.23. The SMILES string of the molecule is CC(C)[NH2+]C(NC(=O)c1ccc(C(C)(C)C)cc1)C(Cl)(Cl)Cl. The maximum atomic E-state index is 12.3. The lowest BCUT2D eigenvalue weighted by Crippen LogP contribution is -2.99. The van der Waals surface area contributed by atoms with Crippen molar-refractivity contribution >= 4 is 40.7 Å². The van der Waals surface area contributed by atoms with Gasteiger partial charge in [0.1, 0.15) is 0 Å². The second-order valence-electron chi connectivity index (χ2n) is 6.76. The van der Waals surface area contributed by atoms with Crippen LogP contribution < -0.4 is 10.6 Å². The zero-order chi connectivity index (χ0) is 17.1. The molecule has 124 valence electrons. The third kappa shape index (κ3) is 5.96. The topological polar surface area (TPSA) is 45.7 Å². The molecule has 0 heterocycles. The number of rotatable bonds is 4. The van der Waals surface area contributed by atoms with E-state index < -0.39 is 9.96 Å². The van der Waals surface area contributed by atoms with Crippen molar-refractivity contribution in [3.63, 3.8) is 0 Å². The lowest BCUT2D eigenvalue weighted by molar-refractivity contribution is -0.717. The number of carbonyl (C=O) groups excluding carboxylic acids is 1. The van der Waals surface area contributed by atoms with Gasteiger partial charge in [0, 0.05) is 5.56 Å². The number of nitrogens with two attached hydrogens (primary N) is 1. The Morgan fingerprint density at radius 2 is 1.59 bits per heavy atom. The lowest BCUT2D eigenvalue weighted by atomic mass is 9.87. The number of alkyl halides is 3. The van der Waals surface area contributed by atoms with Gasteiger partial charge in [-0.15, -0.1) is 0 Å². The first-order chi connectivity index (χ1) is 9.91. The minimum absolute atomic E-state index is 0.0422. The van der Waals surface area contributed by atoms with Gasteiger partial charge in [-0.3, -0.25) is 10.1 Å². The van der Waals surface area contributed by atoms with E-state index in [1.54, 1.807) is 12.1 Å². The zero-order valence-electron chi connectivity index (χ0n) is 13.6. The molecule has 0 saturated heterocycles. The highest BCUT2D eigenvalue weighted by Gasteiger charge is 2.38. The van der Waals surface area contributed by atoms with E-state index in [-0.39, 0.29) is 17.4 Å². The van der Waals surface area contributed by atoms with E-state index in [1.807, 2.05) is 31.3 Å². The minimum Gasteiger partial charge on any atom is -0.321 e. The van der Waals surface area contributed by atoms with Gasteiger partial charge in [-0.1, -0.05) is 67.7 Å². The van der Waals surface area contributed by atoms with Gasteiger partial charge in [-0.25, -0.2) is 0 Å². The fraction of sp³-hybridized carbons (Fsp3) is 0.562. The molecule has 22 heavy (non-hydrogen) atoms. The molecule has 0 aliphatic heterocycles. The Labute approximate surface area is 147 Å². The monoisotopic (exact) mass is 365 g/mol. The number of amides is 1. The third-order valence-corrected chi connectivity index (χ3v) is 3.93. The van der Waals surface area contributed by atoms with Crippen LogP contribution in [0.3, 0.4) is 0 Å². The first kappa shape index (κ1) is 19.6. The van der Waals surface area contributed by atoms with E-state index in [1.165, 1.54) is 0 Å². The Bertz CT molecular complexity index is 502. The van der Waals surface area contributed by atoms with Crippen molar-refractivity contribution in [2.24, 2.45) is 0 Å². The molecule has 0 saturated carbocycles. The van der Waals surface area contributed by atoms with Gasteiger partial charge in [-0.05, 0) is 37.0 Å². The number of nitrogens with one attached hydrogen (secondary N) is 1. The summed E-state index contributed by atoms with van der Waals surface area (Å²) in [5, 5.41) is 4.59. The predicted molar refractivity (Wildman–Crippen MR) is 93.7 cm³/mol. The average molecular weight is 367 g/mol. The normalized spacial score (nSPS) is 14.0. The summed E-state index contributed by atoms with van der Waals surface area (Å²) < 4.78 is -1.58. The van der Waals surface area contributed by atoms with Crippen molar-refractivity contribution in [2.75, 3.05) is 0 Å². The second kappa shape index (κ2) is 7.39. The van der Waals surface area contributed by atoms with Crippen molar-refractivity contribution < 1.29 is 10.1 Å². The molecule has 1 amide bonds. The molecule has 6 heteroatoms. The molecule has 0 radical (unpaired) electrons. The minimum atomic E-state index is -1.58. The van der Waals surface area contributed by atoms with Gasteiger partial charge in [-0.2, -0.15) is 0 Å². The Morgan fingerprint density at radius 1 is 1.09 bits per heavy atom. The van der Waals surface area contributed by atoms with E-state index in [4.69, 9.17) is 34.8 Å². The van der Waals surface area contributed by atoms with Crippen molar-refractivity contribution in [1.82, 2.24) is 5.32 Å². The summed E-state index contributed by atoms with van der Waals surface area (Å²) >= 11 is 17.8. The summed E-state index contributed by atoms with van der Waals surface area (Å²) in [5.41, 5.74) is 1.75. The summed E-state index contributed by atoms with van der Waals surface area (Å²) in [6.07, 6.45) is -0.646. The molecule has 1 atom stereocenters. The van der Waals surface area contributed by atoms with E-state index in [0.717, 1.165) is 5.56 Å². The van der Waals surface area contributed by atoms with E-state index in [0.29, 0.717) is 5.56 Å². The van der Waals surface area contributed by atoms with Crippen molar-refractivity contribution in [3.8, 4) is 0 Å². The van der Waals surface area contributed by atoms with Gasteiger partial charge in [0.15, 0.2) is 0 Å². The Kier molecular flexibility index (Phi) is 6.58. The van der Waals surface area contributed by atoms with Gasteiger partial charge < -0.3 is 5.32 Å². The average Bonchev–Trinajstić information content (AvgIpc) is 2.35. The molecule has 0 bridgehead atoms. The maximum Gasteiger partial charge on any atom is 0.262 e. The largest absolute Gasteiger partial charge is 0.321 e. The number of benzene rings is 1. The molecular weight excluding hydrogens is 343 g/mol. The van der Waals surface area contributed by atoms with E-state index >= 15 is 0 Å². The quantitative estimate of drug-likeness (QED) is 0.623. The smallest absolute Gasteiger partial charge is 0.262 e. The Balaban J connectivity index is 2.86. The van der Waals surface area contributed by atoms with Crippen LogP contribution in [0.4, 0.5) is 0 Å². The van der Waals surface area contributed by atoms with Crippen LogP contribution in [0.5, 0.6) is 0 Å². The van der Waals surface area contributed by atoms with Crippen LogP contribution in [-0.4, -0.2) is 21.9 Å². The molecule has 1 aromatic rings. The summed E-state index contributed by atoms with van der Waals surface area (Å²) in [5.74, 6) is -0.256. The van der Waals surface area contributed by atoms with Crippen LogP contribution in [0.1, 0.15) is 50.5 Å². The van der Waals surface area contributed by atoms with Gasteiger partial charge in [0.05, 0.1) is 6.04 Å². The highest BCUT2D eigenvalue weighted by molar-refractivity contribution is 6.68. The highest BCUT2D eigenvalue weighted by atomic mass is 35.6. The Morgan fingerprint density at radius 3 is 1.95 bits per heavy atom. The van der Waals surface area contributed by atoms with Crippen LogP contribution >= 0.6 is 34.8 Å². The number of hydrogen-bond acceptors (Lipinski definition) is 1. The number of carbonyl (C=O) groups is 1. The van der Waals surface area contributed by atoms with Gasteiger partial charge in [0.2, 0.25) is 6.17 Å². The summed E-state index contributed by atoms with van der Waals surface area (Å²) in [6, 6.07) is 7.67. The predicted octanol–water partition coefficient (Wildman–Crippen LogP) is 3.38. The molecule has 1 rings (SSSR count). The molecule has 0 spiro atoms. The molecule has 0 aliphatic rings. The van der Waals surface area contributed by atoms with Crippen LogP contribution in [0.15, 0.2) is 24.3 Å². The Hall–Kier alpha value is -0.480. The molecule has 3 N–H and O–H groups in total. The summed E-state index contributed by atoms with van der Waals surface area (Å²) in [4.78, 5) is 12.3. The molecule has 0 fully saturated rings. The molecule has 0 aliphatic carbocycles. The van der Waals surface area contributed by atoms with Crippen LogP contribution in [0.2, 0.25) is 0 Å². The lowest BCUT2D eigenvalue weighted by Gasteiger charge is -2.25. The zero-order valence-corrected chi connectivity index (χ0v) is 15.9. The highest BCUT2D eigenvalue weighted by Crippen LogP contribution is 2.28. The maximum absolute atomic E-state index is 12.3. The van der Waals surface area contributed by atoms with Crippen LogP contribution in [0.25, 0.3) is 0 Å². The standard InChI is InChI=1S/C16H23Cl3N2O/c1-10(2)20-14(16(17,18)19)21-13(22)11-6-8-12(9-7-11)15(3,4)5/h6-10,14,20H,1-5H3,(H,21,22)/p+1. The number of quaternary nitrogens is 1. The molecule has 3 nitrogen and oxygen atoms in total. The molecule has 1 unspecified atom stereocenters. The fourth-order valence-corrected chi connectivity index (χ4v) is 2.35. The van der Waals surface area contributed by atoms with Crippen molar-refractivity contribution in [3.05, 3.63) is 35.4 Å². The second-order valence-corrected chi connectivity index (χ2v) is 9.13. The molecule has 0 aromatic heterocycles. The number of hydrogen-bond donors (Lipinski definition) is 2. The number of halogens is 3. The van der Waals surface area contributed by atoms with Crippen LogP contribution in [-0.2, 0) is 5.41 Å². The summed E-state index contributed by atoms with van der Waals surface area (Å²) in [7, 11) is 0. The first-order valence-corrected chi connectivity index (χ1v) is 8.38. The molecule has 1 aromatic carbocycles. The van der Waals surface area contributed by atoms with Gasteiger partial charge in [0.25, 0.3) is 9.70 Å².